The Hall–Kier alpha value is -1.78. The average Bonchev–Trinajstić information content (AvgIpc) is 2.66. The van der Waals surface area contributed by atoms with E-state index in [1.807, 2.05) is 13.8 Å². The number of carbonyl (C=O) groups excluding carboxylic acids is 1. The van der Waals surface area contributed by atoms with Crippen molar-refractivity contribution in [3.8, 4) is 0 Å². The maximum atomic E-state index is 11.9. The first-order valence-corrected chi connectivity index (χ1v) is 5.99. The zero-order valence-corrected chi connectivity index (χ0v) is 11.1. The Morgan fingerprint density at radius 3 is 2.44 bits per heavy atom. The van der Waals surface area contributed by atoms with E-state index in [0.29, 0.717) is 6.42 Å². The van der Waals surface area contributed by atoms with E-state index in [4.69, 9.17) is 9.52 Å². The van der Waals surface area contributed by atoms with E-state index in [1.54, 1.807) is 19.9 Å². The summed E-state index contributed by atoms with van der Waals surface area (Å²) in [4.78, 5) is 22.9. The van der Waals surface area contributed by atoms with Crippen molar-refractivity contribution in [2.45, 2.75) is 40.2 Å². The molecule has 0 bridgehead atoms. The number of hydrogen-bond donors (Lipinski definition) is 2. The molecule has 0 saturated heterocycles. The molecule has 18 heavy (non-hydrogen) atoms. The highest BCUT2D eigenvalue weighted by atomic mass is 16.4. The van der Waals surface area contributed by atoms with Crippen LogP contribution < -0.4 is 5.32 Å². The number of carboxylic acids is 1. The zero-order chi connectivity index (χ0) is 13.9. The van der Waals surface area contributed by atoms with Gasteiger partial charge in [0.1, 0.15) is 11.8 Å². The summed E-state index contributed by atoms with van der Waals surface area (Å²) in [5, 5.41) is 11.5. The molecule has 5 nitrogen and oxygen atoms in total. The van der Waals surface area contributed by atoms with Gasteiger partial charge < -0.3 is 14.8 Å². The van der Waals surface area contributed by atoms with E-state index < -0.39 is 17.9 Å². The Morgan fingerprint density at radius 1 is 1.44 bits per heavy atom. The smallest absolute Gasteiger partial charge is 0.326 e. The lowest BCUT2D eigenvalue weighted by molar-refractivity contribution is -0.140. The normalized spacial score (nSPS) is 12.5. The maximum Gasteiger partial charge on any atom is 0.326 e. The number of furan rings is 1. The molecule has 1 aromatic rings. The zero-order valence-electron chi connectivity index (χ0n) is 11.1. The first-order chi connectivity index (χ1) is 8.36. The number of carboxylic acid groups (broad SMARTS) is 1. The SMILES string of the molecule is CCc1oc(C(=O)NC(C(=O)O)C(C)C)cc1C. The van der Waals surface area contributed by atoms with Crippen LogP contribution in [0.5, 0.6) is 0 Å². The quantitative estimate of drug-likeness (QED) is 0.841. The number of aliphatic carboxylic acids is 1. The van der Waals surface area contributed by atoms with E-state index in [0.717, 1.165) is 11.3 Å². The van der Waals surface area contributed by atoms with E-state index in [1.165, 1.54) is 0 Å². The summed E-state index contributed by atoms with van der Waals surface area (Å²) in [6.07, 6.45) is 0.700. The molecule has 0 aliphatic heterocycles. The van der Waals surface area contributed by atoms with Gasteiger partial charge in [-0.15, -0.1) is 0 Å². The fraction of sp³-hybridized carbons (Fsp3) is 0.538. The summed E-state index contributed by atoms with van der Waals surface area (Å²) < 4.78 is 5.38. The van der Waals surface area contributed by atoms with Gasteiger partial charge in [0.05, 0.1) is 0 Å². The molecular weight excluding hydrogens is 234 g/mol. The van der Waals surface area contributed by atoms with Crippen LogP contribution in [0.2, 0.25) is 0 Å². The second kappa shape index (κ2) is 5.71. The van der Waals surface area contributed by atoms with Gasteiger partial charge in [0.25, 0.3) is 5.91 Å². The standard InChI is InChI=1S/C13H19NO4/c1-5-9-8(4)6-10(18-9)12(15)14-11(7(2)3)13(16)17/h6-7,11H,5H2,1-4H3,(H,14,15)(H,16,17). The molecule has 1 unspecified atom stereocenters. The van der Waals surface area contributed by atoms with Crippen LogP contribution in [0.4, 0.5) is 0 Å². The summed E-state index contributed by atoms with van der Waals surface area (Å²) in [6.45, 7) is 7.27. The number of amides is 1. The molecule has 0 aliphatic carbocycles. The first-order valence-electron chi connectivity index (χ1n) is 5.99. The third-order valence-electron chi connectivity index (χ3n) is 2.78. The second-order valence-electron chi connectivity index (χ2n) is 4.60. The van der Waals surface area contributed by atoms with Crippen molar-refractivity contribution in [3.63, 3.8) is 0 Å². The lowest BCUT2D eigenvalue weighted by Crippen LogP contribution is -2.44. The minimum atomic E-state index is -1.04. The van der Waals surface area contributed by atoms with Crippen LogP contribution in [0, 0.1) is 12.8 Å². The van der Waals surface area contributed by atoms with E-state index >= 15 is 0 Å². The van der Waals surface area contributed by atoms with Crippen molar-refractivity contribution < 1.29 is 19.1 Å². The third kappa shape index (κ3) is 3.12. The lowest BCUT2D eigenvalue weighted by Gasteiger charge is -2.16. The first kappa shape index (κ1) is 14.3. The van der Waals surface area contributed by atoms with Crippen molar-refractivity contribution in [2.24, 2.45) is 5.92 Å². The molecule has 1 aromatic heterocycles. The molecule has 0 fully saturated rings. The summed E-state index contributed by atoms with van der Waals surface area (Å²) in [5.41, 5.74) is 0.902. The van der Waals surface area contributed by atoms with Gasteiger partial charge in [-0.2, -0.15) is 0 Å². The molecule has 1 rings (SSSR count). The highest BCUT2D eigenvalue weighted by molar-refractivity contribution is 5.94. The fourth-order valence-corrected chi connectivity index (χ4v) is 1.71. The number of nitrogens with one attached hydrogen (secondary N) is 1. The van der Waals surface area contributed by atoms with Crippen LogP contribution in [0.15, 0.2) is 10.5 Å². The molecule has 1 amide bonds. The fourth-order valence-electron chi connectivity index (χ4n) is 1.71. The molecule has 0 radical (unpaired) electrons. The summed E-state index contributed by atoms with van der Waals surface area (Å²) >= 11 is 0. The Labute approximate surface area is 106 Å². The van der Waals surface area contributed by atoms with Crippen LogP contribution in [0.1, 0.15) is 42.6 Å². The Bertz CT molecular complexity index is 448. The van der Waals surface area contributed by atoms with Crippen molar-refractivity contribution in [1.82, 2.24) is 5.32 Å². The summed E-state index contributed by atoms with van der Waals surface area (Å²) in [7, 11) is 0. The van der Waals surface area contributed by atoms with Gasteiger partial charge in [-0.1, -0.05) is 20.8 Å². The van der Waals surface area contributed by atoms with Crippen LogP contribution in [0.25, 0.3) is 0 Å². The molecule has 0 spiro atoms. The van der Waals surface area contributed by atoms with Crippen molar-refractivity contribution in [2.75, 3.05) is 0 Å². The van der Waals surface area contributed by atoms with Gasteiger partial charge in [0.2, 0.25) is 0 Å². The number of rotatable bonds is 5. The molecule has 1 heterocycles. The van der Waals surface area contributed by atoms with Gasteiger partial charge in [-0.25, -0.2) is 4.79 Å². The topological polar surface area (TPSA) is 79.5 Å². The van der Waals surface area contributed by atoms with E-state index in [9.17, 15) is 9.59 Å². The molecule has 1 atom stereocenters. The Morgan fingerprint density at radius 2 is 2.06 bits per heavy atom. The van der Waals surface area contributed by atoms with E-state index in [-0.39, 0.29) is 11.7 Å². The van der Waals surface area contributed by atoms with Crippen LogP contribution in [0.3, 0.4) is 0 Å². The monoisotopic (exact) mass is 253 g/mol. The molecule has 0 saturated carbocycles. The lowest BCUT2D eigenvalue weighted by atomic mass is 10.0. The Kier molecular flexibility index (Phi) is 4.53. The largest absolute Gasteiger partial charge is 0.480 e. The number of aryl methyl sites for hydroxylation is 2. The number of carbonyl (C=O) groups is 2. The summed E-state index contributed by atoms with van der Waals surface area (Å²) in [6, 6.07) is 0.723. The van der Waals surface area contributed by atoms with Gasteiger partial charge in [-0.3, -0.25) is 4.79 Å². The van der Waals surface area contributed by atoms with Crippen LogP contribution >= 0.6 is 0 Å². The molecule has 100 valence electrons. The van der Waals surface area contributed by atoms with Crippen molar-refractivity contribution in [3.05, 3.63) is 23.2 Å². The van der Waals surface area contributed by atoms with Gasteiger partial charge in [0, 0.05) is 6.42 Å². The van der Waals surface area contributed by atoms with E-state index in [2.05, 4.69) is 5.32 Å². The highest BCUT2D eigenvalue weighted by Gasteiger charge is 2.25. The third-order valence-corrected chi connectivity index (χ3v) is 2.78. The molecule has 5 heteroatoms. The molecule has 2 N–H and O–H groups in total. The molecular formula is C13H19NO4. The minimum Gasteiger partial charge on any atom is -0.480 e. The van der Waals surface area contributed by atoms with Gasteiger partial charge in [0.15, 0.2) is 5.76 Å². The highest BCUT2D eigenvalue weighted by Crippen LogP contribution is 2.15. The molecule has 0 aromatic carbocycles. The predicted molar refractivity (Wildman–Crippen MR) is 66.6 cm³/mol. The minimum absolute atomic E-state index is 0.163. The van der Waals surface area contributed by atoms with Crippen LogP contribution in [-0.4, -0.2) is 23.0 Å². The van der Waals surface area contributed by atoms with Crippen molar-refractivity contribution in [1.29, 1.82) is 0 Å². The molecule has 0 aliphatic rings. The van der Waals surface area contributed by atoms with Gasteiger partial charge in [-0.05, 0) is 24.5 Å². The van der Waals surface area contributed by atoms with Crippen LogP contribution in [-0.2, 0) is 11.2 Å². The number of hydrogen-bond acceptors (Lipinski definition) is 3. The van der Waals surface area contributed by atoms with Crippen molar-refractivity contribution >= 4 is 11.9 Å². The maximum absolute atomic E-state index is 11.9. The second-order valence-corrected chi connectivity index (χ2v) is 4.60. The predicted octanol–water partition coefficient (Wildman–Crippen LogP) is 1.99. The Balaban J connectivity index is 2.83. The average molecular weight is 253 g/mol. The van der Waals surface area contributed by atoms with Gasteiger partial charge >= 0.3 is 5.97 Å². The summed E-state index contributed by atoms with van der Waals surface area (Å²) in [5.74, 6) is -0.808.